The van der Waals surface area contributed by atoms with Crippen LogP contribution < -0.4 is 0 Å². The summed E-state index contributed by atoms with van der Waals surface area (Å²) in [5, 5.41) is 4.83. The molecule has 0 spiro atoms. The molecule has 3 saturated heterocycles. The molecule has 4 rings (SSSR count). The van der Waals surface area contributed by atoms with Crippen molar-refractivity contribution in [1.82, 2.24) is 19.6 Å². The number of aromatic nitrogens is 2. The molecule has 3 fully saturated rings. The lowest BCUT2D eigenvalue weighted by molar-refractivity contribution is -0.308. The van der Waals surface area contributed by atoms with E-state index in [1.807, 2.05) is 0 Å². The number of ether oxygens (including phenoxy) is 2. The van der Waals surface area contributed by atoms with E-state index in [1.165, 1.54) is 0 Å². The topological polar surface area (TPSA) is 59.8 Å². The largest absolute Gasteiger partial charge is 0.434 e. The number of carbonyl (C=O) groups is 1. The first-order valence-electron chi connectivity index (χ1n) is 11.8. The van der Waals surface area contributed by atoms with Crippen LogP contribution in [0.2, 0.25) is 0 Å². The molecule has 2 atom stereocenters. The molecule has 0 aromatic carbocycles. The van der Waals surface area contributed by atoms with Crippen LogP contribution in [0, 0.1) is 11.8 Å². The maximum absolute atomic E-state index is 12.7. The van der Waals surface area contributed by atoms with Crippen molar-refractivity contribution in [2.24, 2.45) is 11.8 Å². The van der Waals surface area contributed by atoms with Crippen LogP contribution in [-0.2, 0) is 16.0 Å². The molecule has 13 heteroatoms. The second-order valence-corrected chi connectivity index (χ2v) is 9.97. The van der Waals surface area contributed by atoms with Crippen LogP contribution in [0.5, 0.6) is 0 Å². The molecule has 2 unspecified atom stereocenters. The average Bonchev–Trinajstić information content (AvgIpc) is 3.44. The Morgan fingerprint density at radius 1 is 1.06 bits per heavy atom. The van der Waals surface area contributed by atoms with Crippen molar-refractivity contribution < 1.29 is 40.6 Å². The molecule has 1 amide bonds. The summed E-state index contributed by atoms with van der Waals surface area (Å²) in [6.45, 7) is 7.48. The molecule has 3 aliphatic rings. The van der Waals surface area contributed by atoms with Crippen LogP contribution in [-0.4, -0.2) is 83.5 Å². The van der Waals surface area contributed by atoms with Crippen molar-refractivity contribution in [1.29, 1.82) is 0 Å². The highest BCUT2D eigenvalue weighted by molar-refractivity contribution is 5.68. The summed E-state index contributed by atoms with van der Waals surface area (Å²) in [4.78, 5) is 15.3. The van der Waals surface area contributed by atoms with Gasteiger partial charge < -0.3 is 14.4 Å². The normalized spacial score (nSPS) is 24.6. The molecule has 198 valence electrons. The van der Waals surface area contributed by atoms with Gasteiger partial charge in [0.2, 0.25) is 0 Å². The Morgan fingerprint density at radius 2 is 1.63 bits per heavy atom. The number of halogens is 6. The summed E-state index contributed by atoms with van der Waals surface area (Å²) >= 11 is 0. The smallest absolute Gasteiger partial charge is 0.426 e. The molecular weight excluding hydrogens is 482 g/mol. The fourth-order valence-corrected chi connectivity index (χ4v) is 5.19. The number of likely N-dealkylation sites (tertiary alicyclic amines) is 2. The molecule has 4 heterocycles. The third-order valence-corrected chi connectivity index (χ3v) is 6.98. The molecule has 0 N–H and O–H groups in total. The molecule has 0 radical (unpaired) electrons. The van der Waals surface area contributed by atoms with Crippen LogP contribution in [0.1, 0.15) is 50.0 Å². The van der Waals surface area contributed by atoms with Gasteiger partial charge in [0.25, 0.3) is 6.10 Å². The SMILES string of the molecule is CC(C)c1cc(CN2CC3CN(C(=O)OC(C(F)(F)F)C(F)(F)F)CC3C2)n(C2CCOCC2)n1. The maximum Gasteiger partial charge on any atom is 0.434 e. The fraction of sp³-hybridized carbons (Fsp3) is 0.818. The van der Waals surface area contributed by atoms with E-state index in [1.54, 1.807) is 0 Å². The van der Waals surface area contributed by atoms with E-state index in [-0.39, 0.29) is 36.9 Å². The number of rotatable bonds is 5. The number of carbonyl (C=O) groups excluding carboxylic acids is 1. The van der Waals surface area contributed by atoms with Gasteiger partial charge in [-0.15, -0.1) is 0 Å². The number of alkyl halides is 6. The van der Waals surface area contributed by atoms with E-state index in [0.717, 1.165) is 29.1 Å². The first-order chi connectivity index (χ1) is 16.3. The van der Waals surface area contributed by atoms with Gasteiger partial charge in [0.05, 0.1) is 17.4 Å². The minimum Gasteiger partial charge on any atom is -0.426 e. The average molecular weight is 512 g/mol. The standard InChI is InChI=1S/C22H30F6N4O3/c1-13(2)18-7-17(32(29-18)16-3-5-34-6-4-16)12-30-8-14-10-31(11-15(14)9-30)20(33)35-19(21(23,24)25)22(26,27)28/h7,13-16,19H,3-6,8-12H2,1-2H3. The number of nitrogens with zero attached hydrogens (tertiary/aromatic N) is 4. The highest BCUT2D eigenvalue weighted by Gasteiger charge is 2.60. The van der Waals surface area contributed by atoms with Crippen LogP contribution in [0.3, 0.4) is 0 Å². The van der Waals surface area contributed by atoms with Gasteiger partial charge >= 0.3 is 18.4 Å². The highest BCUT2D eigenvalue weighted by atomic mass is 19.4. The van der Waals surface area contributed by atoms with Gasteiger partial charge in [-0.1, -0.05) is 13.8 Å². The second kappa shape index (κ2) is 9.79. The van der Waals surface area contributed by atoms with Gasteiger partial charge in [0.15, 0.2) is 0 Å². The Morgan fingerprint density at radius 3 is 2.14 bits per heavy atom. The number of amides is 1. The minimum absolute atomic E-state index is 0.0400. The van der Waals surface area contributed by atoms with Crippen molar-refractivity contribution in [3.8, 4) is 0 Å². The van der Waals surface area contributed by atoms with Crippen LogP contribution in [0.25, 0.3) is 0 Å². The van der Waals surface area contributed by atoms with Crippen LogP contribution >= 0.6 is 0 Å². The van der Waals surface area contributed by atoms with Gasteiger partial charge in [-0.2, -0.15) is 31.4 Å². The Balaban J connectivity index is 1.36. The zero-order valence-corrected chi connectivity index (χ0v) is 19.6. The van der Waals surface area contributed by atoms with Gasteiger partial charge in [0, 0.05) is 45.9 Å². The summed E-state index contributed by atoms with van der Waals surface area (Å²) in [7, 11) is 0. The van der Waals surface area contributed by atoms with Crippen molar-refractivity contribution in [2.75, 3.05) is 39.4 Å². The molecule has 3 aliphatic heterocycles. The van der Waals surface area contributed by atoms with E-state index >= 15 is 0 Å². The van der Waals surface area contributed by atoms with Crippen molar-refractivity contribution in [2.45, 2.75) is 63.7 Å². The number of fused-ring (bicyclic) bond motifs is 1. The highest BCUT2D eigenvalue weighted by Crippen LogP contribution is 2.38. The Bertz CT molecular complexity index is 869. The van der Waals surface area contributed by atoms with Gasteiger partial charge in [-0.3, -0.25) is 9.58 Å². The lowest BCUT2D eigenvalue weighted by Crippen LogP contribution is -2.48. The summed E-state index contributed by atoms with van der Waals surface area (Å²) in [6.07, 6.45) is -15.4. The predicted octanol–water partition coefficient (Wildman–Crippen LogP) is 4.35. The zero-order valence-electron chi connectivity index (χ0n) is 19.6. The maximum atomic E-state index is 12.7. The Hall–Kier alpha value is -2.02. The van der Waals surface area contributed by atoms with E-state index in [0.29, 0.717) is 32.8 Å². The first-order valence-corrected chi connectivity index (χ1v) is 11.8. The molecule has 7 nitrogen and oxygen atoms in total. The molecule has 1 aromatic heterocycles. The summed E-state index contributed by atoms with van der Waals surface area (Å²) < 4.78 is 87.8. The number of hydrogen-bond acceptors (Lipinski definition) is 5. The second-order valence-electron chi connectivity index (χ2n) is 9.97. The monoisotopic (exact) mass is 512 g/mol. The molecule has 0 bridgehead atoms. The van der Waals surface area contributed by atoms with Crippen molar-refractivity contribution >= 4 is 6.09 Å². The van der Waals surface area contributed by atoms with Gasteiger partial charge in [-0.25, -0.2) is 4.79 Å². The van der Waals surface area contributed by atoms with Crippen LogP contribution in [0.15, 0.2) is 6.07 Å². The van der Waals surface area contributed by atoms with E-state index in [9.17, 15) is 31.1 Å². The predicted molar refractivity (Wildman–Crippen MR) is 112 cm³/mol. The minimum atomic E-state index is -5.72. The van der Waals surface area contributed by atoms with Gasteiger partial charge in [-0.05, 0) is 36.7 Å². The lowest BCUT2D eigenvalue weighted by atomic mass is 10.0. The van der Waals surface area contributed by atoms with E-state index in [2.05, 4.69) is 34.2 Å². The third-order valence-electron chi connectivity index (χ3n) is 6.98. The molecular formula is C22H30F6N4O3. The molecule has 0 aliphatic carbocycles. The van der Waals surface area contributed by atoms with E-state index in [4.69, 9.17) is 9.84 Å². The third kappa shape index (κ3) is 5.87. The van der Waals surface area contributed by atoms with Crippen molar-refractivity contribution in [3.63, 3.8) is 0 Å². The van der Waals surface area contributed by atoms with Crippen LogP contribution in [0.4, 0.5) is 31.1 Å². The summed E-state index contributed by atoms with van der Waals surface area (Å²) in [5.41, 5.74) is 2.08. The van der Waals surface area contributed by atoms with E-state index < -0.39 is 24.5 Å². The Labute approximate surface area is 199 Å². The quantitative estimate of drug-likeness (QED) is 0.549. The van der Waals surface area contributed by atoms with Gasteiger partial charge in [0.1, 0.15) is 0 Å². The summed E-state index contributed by atoms with van der Waals surface area (Å²) in [5.74, 6) is 0.188. The number of hydrogen-bond donors (Lipinski definition) is 0. The molecule has 1 aromatic rings. The van der Waals surface area contributed by atoms with Crippen molar-refractivity contribution in [3.05, 3.63) is 17.5 Å². The summed E-state index contributed by atoms with van der Waals surface area (Å²) in [6, 6.07) is 2.36. The zero-order chi connectivity index (χ0) is 25.5. The first kappa shape index (κ1) is 26.1. The Kier molecular flexibility index (Phi) is 7.29. The lowest BCUT2D eigenvalue weighted by Gasteiger charge is -2.27. The fourth-order valence-electron chi connectivity index (χ4n) is 5.19. The molecule has 35 heavy (non-hydrogen) atoms. The molecule has 0 saturated carbocycles.